The molecular formula is C24H32Cl2N4O4S. The summed E-state index contributed by atoms with van der Waals surface area (Å²) in [6.45, 7) is 7.94. The van der Waals surface area contributed by atoms with Crippen LogP contribution >= 0.6 is 11.8 Å². The molecule has 0 unspecified atom stereocenters. The number of hydrogen-bond donors (Lipinski definition) is 4. The zero-order valence-electron chi connectivity index (χ0n) is 19.7. The SMILES string of the molecule is CCOC(=O)Nc1ccc2c(c1)N(C(=O)CC[NH+]1CC[NH+](CCO)CC1)c1ccccc1S2.[Cl-].[Cl-]. The molecule has 2 aliphatic heterocycles. The van der Waals surface area contributed by atoms with Gasteiger partial charge in [-0.15, -0.1) is 0 Å². The number of amides is 2. The lowest BCUT2D eigenvalue weighted by atomic mass is 10.1. The minimum Gasteiger partial charge on any atom is -1.00 e. The highest BCUT2D eigenvalue weighted by atomic mass is 35.5. The minimum absolute atomic E-state index is 0. The van der Waals surface area contributed by atoms with Crippen LogP contribution in [0.5, 0.6) is 0 Å². The Labute approximate surface area is 222 Å². The molecule has 35 heavy (non-hydrogen) atoms. The highest BCUT2D eigenvalue weighted by Crippen LogP contribution is 2.49. The first-order valence-electron chi connectivity index (χ1n) is 11.5. The smallest absolute Gasteiger partial charge is 0.411 e. The summed E-state index contributed by atoms with van der Waals surface area (Å²) in [4.78, 5) is 32.1. The molecule has 2 aliphatic rings. The fraction of sp³-hybridized carbons (Fsp3) is 0.417. The quantitative estimate of drug-likeness (QED) is 0.280. The molecule has 4 N–H and O–H groups in total. The zero-order chi connectivity index (χ0) is 23.2. The number of quaternary nitrogens is 2. The largest absolute Gasteiger partial charge is 1.00 e. The van der Waals surface area contributed by atoms with Crippen molar-refractivity contribution in [1.29, 1.82) is 0 Å². The van der Waals surface area contributed by atoms with Gasteiger partial charge >= 0.3 is 6.09 Å². The lowest BCUT2D eigenvalue weighted by molar-refractivity contribution is -1.01. The summed E-state index contributed by atoms with van der Waals surface area (Å²) in [5.41, 5.74) is 2.25. The Morgan fingerprint density at radius 2 is 1.66 bits per heavy atom. The van der Waals surface area contributed by atoms with Crippen molar-refractivity contribution in [3.8, 4) is 0 Å². The molecule has 0 aliphatic carbocycles. The molecule has 2 aromatic carbocycles. The molecule has 1 saturated heterocycles. The summed E-state index contributed by atoms with van der Waals surface area (Å²) in [6.07, 6.45) is -0.0659. The Kier molecular flexibility index (Phi) is 11.6. The van der Waals surface area contributed by atoms with Gasteiger partial charge in [-0.3, -0.25) is 15.0 Å². The lowest BCUT2D eigenvalue weighted by Gasteiger charge is -2.33. The number of halogens is 2. The molecule has 0 spiro atoms. The van der Waals surface area contributed by atoms with E-state index in [4.69, 9.17) is 9.84 Å². The Bertz CT molecular complexity index is 1010. The molecule has 0 bridgehead atoms. The number of ether oxygens (including phenoxy) is 1. The summed E-state index contributed by atoms with van der Waals surface area (Å²) in [7, 11) is 0. The van der Waals surface area contributed by atoms with E-state index in [1.807, 2.05) is 42.5 Å². The van der Waals surface area contributed by atoms with Crippen molar-refractivity contribution in [2.24, 2.45) is 0 Å². The Morgan fingerprint density at radius 1 is 1.00 bits per heavy atom. The van der Waals surface area contributed by atoms with E-state index in [1.54, 1.807) is 23.6 Å². The third kappa shape index (κ3) is 7.25. The van der Waals surface area contributed by atoms with Crippen LogP contribution in [0.1, 0.15) is 13.3 Å². The van der Waals surface area contributed by atoms with Gasteiger partial charge in [0.25, 0.3) is 0 Å². The minimum atomic E-state index is -0.509. The molecule has 0 radical (unpaired) electrons. The van der Waals surface area contributed by atoms with Crippen LogP contribution in [0.15, 0.2) is 52.3 Å². The molecule has 8 nitrogen and oxygen atoms in total. The molecule has 0 atom stereocenters. The van der Waals surface area contributed by atoms with Gasteiger partial charge in [-0.25, -0.2) is 4.79 Å². The monoisotopic (exact) mass is 542 g/mol. The van der Waals surface area contributed by atoms with Gasteiger partial charge in [-0.1, -0.05) is 23.9 Å². The number of aliphatic hydroxyl groups excluding tert-OH is 1. The van der Waals surface area contributed by atoms with Crippen molar-refractivity contribution in [2.75, 3.05) is 62.7 Å². The van der Waals surface area contributed by atoms with E-state index in [9.17, 15) is 9.59 Å². The average molecular weight is 544 g/mol. The van der Waals surface area contributed by atoms with Gasteiger partial charge in [0, 0.05) is 15.5 Å². The van der Waals surface area contributed by atoms with Crippen LogP contribution in [0, 0.1) is 0 Å². The van der Waals surface area contributed by atoms with Crippen LogP contribution in [-0.2, 0) is 9.53 Å². The summed E-state index contributed by atoms with van der Waals surface area (Å²) in [6, 6.07) is 13.5. The predicted molar refractivity (Wildman–Crippen MR) is 128 cm³/mol. The van der Waals surface area contributed by atoms with Gasteiger partial charge in [0.2, 0.25) is 5.91 Å². The molecule has 4 rings (SSSR count). The van der Waals surface area contributed by atoms with Gasteiger partial charge in [0.05, 0.1) is 37.6 Å². The van der Waals surface area contributed by atoms with Gasteiger partial charge in [-0.2, -0.15) is 0 Å². The highest BCUT2D eigenvalue weighted by molar-refractivity contribution is 7.99. The molecule has 2 amide bonds. The van der Waals surface area contributed by atoms with Crippen molar-refractivity contribution in [3.05, 3.63) is 42.5 Å². The highest BCUT2D eigenvalue weighted by Gasteiger charge is 2.30. The maximum atomic E-state index is 13.5. The second kappa shape index (κ2) is 13.9. The molecule has 2 aromatic rings. The lowest BCUT2D eigenvalue weighted by Crippen LogP contribution is -3.28. The summed E-state index contributed by atoms with van der Waals surface area (Å²) in [5, 5.41) is 11.9. The van der Waals surface area contributed by atoms with Gasteiger partial charge in [0.1, 0.15) is 32.7 Å². The van der Waals surface area contributed by atoms with Crippen LogP contribution in [0.2, 0.25) is 0 Å². The molecule has 2 heterocycles. The average Bonchev–Trinajstić information content (AvgIpc) is 2.82. The van der Waals surface area contributed by atoms with Gasteiger partial charge < -0.3 is 44.5 Å². The van der Waals surface area contributed by atoms with E-state index in [-0.39, 0.29) is 37.3 Å². The second-order valence-electron chi connectivity index (χ2n) is 8.30. The van der Waals surface area contributed by atoms with Crippen LogP contribution in [0.4, 0.5) is 21.9 Å². The normalized spacial score (nSPS) is 18.3. The van der Waals surface area contributed by atoms with E-state index in [2.05, 4.69) is 5.32 Å². The summed E-state index contributed by atoms with van der Waals surface area (Å²) in [5.74, 6) is 0.0509. The number of rotatable bonds is 7. The van der Waals surface area contributed by atoms with E-state index in [0.717, 1.165) is 60.4 Å². The first-order valence-corrected chi connectivity index (χ1v) is 12.4. The molecule has 1 fully saturated rings. The number of aliphatic hydroxyl groups is 1. The zero-order valence-corrected chi connectivity index (χ0v) is 22.0. The number of para-hydroxylation sites is 1. The van der Waals surface area contributed by atoms with Crippen LogP contribution in [-0.4, -0.2) is 69.6 Å². The van der Waals surface area contributed by atoms with Crippen molar-refractivity contribution >= 4 is 40.8 Å². The van der Waals surface area contributed by atoms with Crippen molar-refractivity contribution in [2.45, 2.75) is 23.1 Å². The number of piperazine rings is 1. The molecular weight excluding hydrogens is 511 g/mol. The number of nitrogens with zero attached hydrogens (tertiary/aromatic N) is 1. The third-order valence-electron chi connectivity index (χ3n) is 6.12. The Hall–Kier alpha value is -2.01. The van der Waals surface area contributed by atoms with Gasteiger partial charge in [-0.05, 0) is 37.3 Å². The topological polar surface area (TPSA) is 87.8 Å². The fourth-order valence-electron chi connectivity index (χ4n) is 4.40. The number of carbonyl (C=O) groups is 2. The summed E-state index contributed by atoms with van der Waals surface area (Å²) < 4.78 is 4.99. The Balaban J connectivity index is 0.00000216. The maximum Gasteiger partial charge on any atom is 0.411 e. The van der Waals surface area contributed by atoms with Crippen molar-refractivity contribution in [3.63, 3.8) is 0 Å². The Morgan fingerprint density at radius 3 is 2.34 bits per heavy atom. The number of fused-ring (bicyclic) bond motifs is 2. The van der Waals surface area contributed by atoms with Crippen LogP contribution in [0.25, 0.3) is 0 Å². The summed E-state index contributed by atoms with van der Waals surface area (Å²) >= 11 is 1.63. The standard InChI is InChI=1S/C24H30N4O4S.2ClH/c1-2-32-24(31)25-18-7-8-22-20(17-18)28(19-5-3-4-6-21(19)33-22)23(30)9-10-26-11-13-27(14-12-26)15-16-29;;/h3-8,17,29H,2,9-16H2,1H3,(H,25,31);2*1H. The molecule has 11 heteroatoms. The van der Waals surface area contributed by atoms with Crippen molar-refractivity contribution in [1.82, 2.24) is 0 Å². The number of nitrogens with one attached hydrogen (secondary N) is 3. The molecule has 192 valence electrons. The molecule has 0 saturated carbocycles. The first-order chi connectivity index (χ1) is 16.1. The van der Waals surface area contributed by atoms with E-state index in [1.165, 1.54) is 9.80 Å². The second-order valence-corrected chi connectivity index (χ2v) is 9.38. The van der Waals surface area contributed by atoms with Gasteiger partial charge in [0.15, 0.2) is 0 Å². The van der Waals surface area contributed by atoms with E-state index >= 15 is 0 Å². The fourth-order valence-corrected chi connectivity index (χ4v) is 5.44. The van der Waals surface area contributed by atoms with E-state index < -0.39 is 6.09 Å². The first kappa shape index (κ1) is 29.2. The predicted octanol–water partition coefficient (Wildman–Crippen LogP) is -5.44. The number of benzene rings is 2. The number of carbonyl (C=O) groups excluding carboxylic acids is 2. The third-order valence-corrected chi connectivity index (χ3v) is 7.25. The molecule has 0 aromatic heterocycles. The maximum absolute atomic E-state index is 13.5. The van der Waals surface area contributed by atoms with Crippen molar-refractivity contribution < 1.29 is 54.0 Å². The van der Waals surface area contributed by atoms with Crippen LogP contribution in [0.3, 0.4) is 0 Å². The number of anilines is 3. The van der Waals surface area contributed by atoms with Crippen LogP contribution < -0.4 is 44.8 Å². The number of hydrogen-bond acceptors (Lipinski definition) is 5. The van der Waals surface area contributed by atoms with E-state index in [0.29, 0.717) is 18.7 Å².